The van der Waals surface area contributed by atoms with Gasteiger partial charge in [0.1, 0.15) is 5.15 Å². The van der Waals surface area contributed by atoms with E-state index in [9.17, 15) is 0 Å². The summed E-state index contributed by atoms with van der Waals surface area (Å²) in [7, 11) is 0. The summed E-state index contributed by atoms with van der Waals surface area (Å²) in [5.41, 5.74) is 6.35. The lowest BCUT2D eigenvalue weighted by Crippen LogP contribution is -2.12. The predicted octanol–water partition coefficient (Wildman–Crippen LogP) is 0.972. The van der Waals surface area contributed by atoms with Crippen molar-refractivity contribution in [2.24, 2.45) is 5.73 Å². The Hall–Kier alpha value is -1.18. The summed E-state index contributed by atoms with van der Waals surface area (Å²) in [6, 6.07) is 5.53. The van der Waals surface area contributed by atoms with E-state index in [1.165, 1.54) is 11.8 Å². The first-order valence-corrected chi connectivity index (χ1v) is 6.36. The minimum Gasteiger partial charge on any atom is -0.329 e. The van der Waals surface area contributed by atoms with Gasteiger partial charge in [-0.05, 0) is 22.6 Å². The lowest BCUT2D eigenvalue weighted by molar-refractivity contribution is 0.557. The van der Waals surface area contributed by atoms with E-state index >= 15 is 0 Å². The number of halogens is 1. The molecule has 2 N–H and O–H groups in total. The van der Waals surface area contributed by atoms with Crippen LogP contribution in [0.2, 0.25) is 5.15 Å². The molecule has 2 aromatic heterocycles. The van der Waals surface area contributed by atoms with E-state index in [0.29, 0.717) is 24.0 Å². The van der Waals surface area contributed by atoms with E-state index in [2.05, 4.69) is 20.5 Å². The number of hydrogen-bond acceptors (Lipinski definition) is 6. The van der Waals surface area contributed by atoms with Gasteiger partial charge in [0.15, 0.2) is 0 Å². The van der Waals surface area contributed by atoms with Gasteiger partial charge < -0.3 is 5.73 Å². The van der Waals surface area contributed by atoms with E-state index in [1.807, 2.05) is 12.1 Å². The summed E-state index contributed by atoms with van der Waals surface area (Å²) in [6.07, 6.45) is 0. The lowest BCUT2D eigenvalue weighted by Gasteiger charge is -2.02. The highest BCUT2D eigenvalue weighted by Crippen LogP contribution is 2.19. The first kappa shape index (κ1) is 12.3. The van der Waals surface area contributed by atoms with Gasteiger partial charge in [0.05, 0.1) is 12.2 Å². The molecule has 0 atom stereocenters. The first-order valence-electron chi connectivity index (χ1n) is 5.00. The molecule has 0 saturated heterocycles. The molecule has 0 aliphatic carbocycles. The third-order valence-electron chi connectivity index (χ3n) is 1.96. The second-order valence-corrected chi connectivity index (χ2v) is 4.54. The van der Waals surface area contributed by atoms with Crippen LogP contribution in [0, 0.1) is 0 Å². The summed E-state index contributed by atoms with van der Waals surface area (Å²) in [5.74, 6) is 0.672. The number of thioether (sulfide) groups is 1. The zero-order valence-corrected chi connectivity index (χ0v) is 10.5. The zero-order valence-electron chi connectivity index (χ0n) is 8.95. The van der Waals surface area contributed by atoms with Crippen molar-refractivity contribution in [3.8, 4) is 0 Å². The van der Waals surface area contributed by atoms with Gasteiger partial charge in [-0.1, -0.05) is 29.4 Å². The quantitative estimate of drug-likeness (QED) is 0.644. The molecule has 90 valence electrons. The third-order valence-corrected chi connectivity index (χ3v) is 3.16. The third kappa shape index (κ3) is 3.39. The molecule has 0 aliphatic rings. The average molecular weight is 271 g/mol. The maximum absolute atomic E-state index is 5.80. The van der Waals surface area contributed by atoms with Crippen LogP contribution in [0.15, 0.2) is 23.4 Å². The molecule has 0 aliphatic heterocycles. The fraction of sp³-hybridized carbons (Fsp3) is 0.333. The molecule has 0 saturated carbocycles. The Kier molecular flexibility index (Phi) is 4.29. The molecule has 0 unspecified atom stereocenters. The van der Waals surface area contributed by atoms with Crippen LogP contribution in [-0.4, -0.2) is 31.7 Å². The molecule has 17 heavy (non-hydrogen) atoms. The number of nitrogens with two attached hydrogens (primary N) is 1. The van der Waals surface area contributed by atoms with Crippen LogP contribution in [0.1, 0.15) is 5.69 Å². The van der Waals surface area contributed by atoms with Crippen LogP contribution < -0.4 is 5.73 Å². The van der Waals surface area contributed by atoms with Crippen LogP contribution >= 0.6 is 23.4 Å². The fourth-order valence-corrected chi connectivity index (χ4v) is 2.22. The van der Waals surface area contributed by atoms with E-state index in [4.69, 9.17) is 17.3 Å². The topological polar surface area (TPSA) is 82.5 Å². The standard InChI is InChI=1S/C9H11ClN6S/c10-8-3-1-2-7(12-8)6-17-9-13-14-15-16(9)5-4-11/h1-3H,4-6,11H2. The molecule has 2 aromatic rings. The largest absolute Gasteiger partial charge is 0.329 e. The van der Waals surface area contributed by atoms with Crippen LogP contribution in [0.5, 0.6) is 0 Å². The molecular formula is C9H11ClN6S. The van der Waals surface area contributed by atoms with Crippen molar-refractivity contribution in [3.05, 3.63) is 29.0 Å². The van der Waals surface area contributed by atoms with Gasteiger partial charge in [0, 0.05) is 12.3 Å². The highest BCUT2D eigenvalue weighted by molar-refractivity contribution is 7.98. The normalized spacial score (nSPS) is 10.7. The van der Waals surface area contributed by atoms with Crippen LogP contribution in [0.4, 0.5) is 0 Å². The monoisotopic (exact) mass is 270 g/mol. The summed E-state index contributed by atoms with van der Waals surface area (Å²) in [6.45, 7) is 1.12. The minimum absolute atomic E-state index is 0.490. The molecule has 0 amide bonds. The maximum Gasteiger partial charge on any atom is 0.209 e. The van der Waals surface area contributed by atoms with Crippen molar-refractivity contribution >= 4 is 23.4 Å². The van der Waals surface area contributed by atoms with Gasteiger partial charge >= 0.3 is 0 Å². The summed E-state index contributed by atoms with van der Waals surface area (Å²) >= 11 is 7.31. The molecule has 6 nitrogen and oxygen atoms in total. The lowest BCUT2D eigenvalue weighted by atomic mass is 10.4. The number of pyridine rings is 1. The number of tetrazole rings is 1. The van der Waals surface area contributed by atoms with Crippen LogP contribution in [0.3, 0.4) is 0 Å². The Morgan fingerprint density at radius 3 is 3.06 bits per heavy atom. The zero-order chi connectivity index (χ0) is 12.1. The highest BCUT2D eigenvalue weighted by Gasteiger charge is 2.06. The minimum atomic E-state index is 0.490. The molecule has 8 heteroatoms. The summed E-state index contributed by atoms with van der Waals surface area (Å²) < 4.78 is 1.68. The van der Waals surface area contributed by atoms with E-state index in [-0.39, 0.29) is 0 Å². The van der Waals surface area contributed by atoms with Gasteiger partial charge in [-0.25, -0.2) is 9.67 Å². The van der Waals surface area contributed by atoms with Gasteiger partial charge in [-0.2, -0.15) is 0 Å². The van der Waals surface area contributed by atoms with Crippen molar-refractivity contribution < 1.29 is 0 Å². The average Bonchev–Trinajstić information content (AvgIpc) is 2.75. The maximum atomic E-state index is 5.80. The summed E-state index contributed by atoms with van der Waals surface area (Å²) in [4.78, 5) is 4.19. The van der Waals surface area contributed by atoms with Crippen molar-refractivity contribution in [1.82, 2.24) is 25.2 Å². The smallest absolute Gasteiger partial charge is 0.209 e. The van der Waals surface area contributed by atoms with E-state index in [1.54, 1.807) is 10.7 Å². The Labute approximate surface area is 108 Å². The number of aromatic nitrogens is 5. The van der Waals surface area contributed by atoms with Crippen LogP contribution in [0.25, 0.3) is 0 Å². The Morgan fingerprint density at radius 2 is 2.29 bits per heavy atom. The molecule has 0 spiro atoms. The molecule has 0 fully saturated rings. The second kappa shape index (κ2) is 5.95. The fourth-order valence-electron chi connectivity index (χ4n) is 1.23. The Morgan fingerprint density at radius 1 is 1.41 bits per heavy atom. The van der Waals surface area contributed by atoms with E-state index in [0.717, 1.165) is 10.9 Å². The summed E-state index contributed by atoms with van der Waals surface area (Å²) in [5, 5.41) is 12.6. The number of hydrogen-bond donors (Lipinski definition) is 1. The van der Waals surface area contributed by atoms with Crippen molar-refractivity contribution in [2.75, 3.05) is 6.54 Å². The Balaban J connectivity index is 1.99. The first-order chi connectivity index (χ1) is 8.29. The van der Waals surface area contributed by atoms with E-state index < -0.39 is 0 Å². The highest BCUT2D eigenvalue weighted by atomic mass is 35.5. The molecule has 2 rings (SSSR count). The number of nitrogens with zero attached hydrogens (tertiary/aromatic N) is 5. The molecule has 2 heterocycles. The van der Waals surface area contributed by atoms with Gasteiger partial charge in [0.25, 0.3) is 0 Å². The van der Waals surface area contributed by atoms with Crippen LogP contribution in [-0.2, 0) is 12.3 Å². The van der Waals surface area contributed by atoms with Gasteiger partial charge in [-0.3, -0.25) is 0 Å². The SMILES string of the molecule is NCCn1nnnc1SCc1cccc(Cl)n1. The molecular weight excluding hydrogens is 260 g/mol. The second-order valence-electron chi connectivity index (χ2n) is 3.21. The molecule has 0 aromatic carbocycles. The molecule has 0 radical (unpaired) electrons. The Bertz CT molecular complexity index is 488. The number of rotatable bonds is 5. The predicted molar refractivity (Wildman–Crippen MR) is 65.7 cm³/mol. The van der Waals surface area contributed by atoms with Gasteiger partial charge in [0.2, 0.25) is 5.16 Å². The van der Waals surface area contributed by atoms with Crippen molar-refractivity contribution in [1.29, 1.82) is 0 Å². The molecule has 0 bridgehead atoms. The van der Waals surface area contributed by atoms with Crippen molar-refractivity contribution in [2.45, 2.75) is 17.5 Å². The van der Waals surface area contributed by atoms with Gasteiger partial charge in [-0.15, -0.1) is 5.10 Å². The van der Waals surface area contributed by atoms with Crippen molar-refractivity contribution in [3.63, 3.8) is 0 Å².